The molecule has 0 saturated carbocycles. The van der Waals surface area contributed by atoms with E-state index in [-0.39, 0.29) is 17.5 Å². The number of hydroxylamine groups is 1. The SMILES string of the molecule is CC(=O)c1ccc2c(c1)c1cc(C(C)=O)ccc1n2CCCCC(=O)NCc1ccc(C(=O)NO)cc1. The number of aromatic nitrogens is 1. The minimum Gasteiger partial charge on any atom is -0.352 e. The maximum atomic E-state index is 12.3. The van der Waals surface area contributed by atoms with Crippen LogP contribution in [0.3, 0.4) is 0 Å². The van der Waals surface area contributed by atoms with Gasteiger partial charge in [0.05, 0.1) is 0 Å². The first-order valence-corrected chi connectivity index (χ1v) is 12.2. The van der Waals surface area contributed by atoms with Gasteiger partial charge >= 0.3 is 0 Å². The molecule has 4 aromatic rings. The summed E-state index contributed by atoms with van der Waals surface area (Å²) < 4.78 is 2.18. The van der Waals surface area contributed by atoms with Crippen molar-refractivity contribution in [3.63, 3.8) is 0 Å². The van der Waals surface area contributed by atoms with Crippen molar-refractivity contribution in [3.05, 3.63) is 82.9 Å². The first-order chi connectivity index (χ1) is 17.8. The van der Waals surface area contributed by atoms with Crippen LogP contribution in [0.1, 0.15) is 69.7 Å². The van der Waals surface area contributed by atoms with Crippen LogP contribution in [-0.2, 0) is 17.9 Å². The lowest BCUT2D eigenvalue weighted by Gasteiger charge is -2.09. The molecule has 0 saturated heterocycles. The molecule has 0 aliphatic carbocycles. The minimum atomic E-state index is -0.586. The van der Waals surface area contributed by atoms with Gasteiger partial charge in [-0.1, -0.05) is 12.1 Å². The van der Waals surface area contributed by atoms with Crippen LogP contribution in [0.15, 0.2) is 60.7 Å². The first kappa shape index (κ1) is 25.8. The molecule has 0 bridgehead atoms. The average Bonchev–Trinajstić information content (AvgIpc) is 3.21. The molecular formula is C29H29N3O5. The summed E-state index contributed by atoms with van der Waals surface area (Å²) in [6.45, 7) is 4.12. The van der Waals surface area contributed by atoms with Gasteiger partial charge in [0.15, 0.2) is 11.6 Å². The second kappa shape index (κ2) is 11.2. The van der Waals surface area contributed by atoms with Crippen molar-refractivity contribution in [2.45, 2.75) is 46.2 Å². The molecule has 37 heavy (non-hydrogen) atoms. The Morgan fingerprint density at radius 1 is 0.757 bits per heavy atom. The topological polar surface area (TPSA) is 118 Å². The van der Waals surface area contributed by atoms with Crippen molar-refractivity contribution in [1.29, 1.82) is 0 Å². The summed E-state index contributed by atoms with van der Waals surface area (Å²) in [7, 11) is 0. The van der Waals surface area contributed by atoms with E-state index in [4.69, 9.17) is 5.21 Å². The highest BCUT2D eigenvalue weighted by molar-refractivity contribution is 6.12. The van der Waals surface area contributed by atoms with Gasteiger partial charge in [-0.15, -0.1) is 0 Å². The fourth-order valence-corrected chi connectivity index (χ4v) is 4.47. The Labute approximate surface area is 214 Å². The molecule has 1 heterocycles. The van der Waals surface area contributed by atoms with Gasteiger partial charge in [-0.05, 0) is 80.8 Å². The normalized spacial score (nSPS) is 11.0. The molecule has 0 fully saturated rings. The van der Waals surface area contributed by atoms with Gasteiger partial charge in [0.1, 0.15) is 0 Å². The Morgan fingerprint density at radius 2 is 1.30 bits per heavy atom. The number of aryl methyl sites for hydroxylation is 1. The van der Waals surface area contributed by atoms with E-state index >= 15 is 0 Å². The van der Waals surface area contributed by atoms with Crippen LogP contribution < -0.4 is 10.8 Å². The smallest absolute Gasteiger partial charge is 0.274 e. The molecule has 2 amide bonds. The van der Waals surface area contributed by atoms with Crippen molar-refractivity contribution in [2.24, 2.45) is 0 Å². The maximum Gasteiger partial charge on any atom is 0.274 e. The Balaban J connectivity index is 1.40. The predicted molar refractivity (Wildman–Crippen MR) is 141 cm³/mol. The number of unbranched alkanes of at least 4 members (excludes halogenated alkanes) is 1. The van der Waals surface area contributed by atoms with Crippen LogP contribution >= 0.6 is 0 Å². The van der Waals surface area contributed by atoms with E-state index in [1.54, 1.807) is 29.7 Å². The van der Waals surface area contributed by atoms with Crippen LogP contribution in [0.4, 0.5) is 0 Å². The molecule has 8 nitrogen and oxygen atoms in total. The third-order valence-electron chi connectivity index (χ3n) is 6.52. The summed E-state index contributed by atoms with van der Waals surface area (Å²) in [6, 6.07) is 17.9. The Morgan fingerprint density at radius 3 is 1.81 bits per heavy atom. The zero-order valence-electron chi connectivity index (χ0n) is 20.8. The van der Waals surface area contributed by atoms with Gasteiger partial charge in [-0.2, -0.15) is 0 Å². The third kappa shape index (κ3) is 5.76. The molecule has 0 aliphatic rings. The molecule has 0 radical (unpaired) electrons. The van der Waals surface area contributed by atoms with E-state index < -0.39 is 5.91 Å². The molecule has 0 aliphatic heterocycles. The number of nitrogens with one attached hydrogen (secondary N) is 2. The molecule has 0 spiro atoms. The standard InChI is InChI=1S/C29H29N3O5/c1-18(33)22-10-12-26-24(15-22)25-16-23(19(2)34)11-13-27(25)32(26)14-4-3-5-28(35)30-17-20-6-8-21(9-7-20)29(36)31-37/h6-13,15-16,37H,3-5,14,17H2,1-2H3,(H,30,35)(H,31,36). The number of ketones is 2. The molecule has 190 valence electrons. The fraction of sp³-hybridized carbons (Fsp3) is 0.241. The molecule has 1 aromatic heterocycles. The van der Waals surface area contributed by atoms with Gasteiger partial charge in [-0.3, -0.25) is 24.4 Å². The van der Waals surface area contributed by atoms with Crippen molar-refractivity contribution >= 4 is 45.2 Å². The highest BCUT2D eigenvalue weighted by Gasteiger charge is 2.14. The lowest BCUT2D eigenvalue weighted by molar-refractivity contribution is -0.121. The van der Waals surface area contributed by atoms with Crippen molar-refractivity contribution in [3.8, 4) is 0 Å². The largest absolute Gasteiger partial charge is 0.352 e. The number of nitrogens with zero attached hydrogens (tertiary/aromatic N) is 1. The van der Waals surface area contributed by atoms with Gasteiger partial charge in [0.25, 0.3) is 5.91 Å². The van der Waals surface area contributed by atoms with Crippen LogP contribution in [0.25, 0.3) is 21.8 Å². The lowest BCUT2D eigenvalue weighted by Crippen LogP contribution is -2.22. The molecule has 4 rings (SSSR count). The summed E-state index contributed by atoms with van der Waals surface area (Å²) >= 11 is 0. The Hall–Kier alpha value is -4.30. The quantitative estimate of drug-likeness (QED) is 0.125. The summed E-state index contributed by atoms with van der Waals surface area (Å²) in [5.74, 6) is -0.666. The fourth-order valence-electron chi connectivity index (χ4n) is 4.47. The lowest BCUT2D eigenvalue weighted by atomic mass is 10.0. The third-order valence-corrected chi connectivity index (χ3v) is 6.52. The van der Waals surface area contributed by atoms with Crippen molar-refractivity contribution in [2.75, 3.05) is 0 Å². The number of hydrogen-bond acceptors (Lipinski definition) is 5. The van der Waals surface area contributed by atoms with Gasteiger partial charge in [0, 0.05) is 58.0 Å². The molecular weight excluding hydrogens is 470 g/mol. The first-order valence-electron chi connectivity index (χ1n) is 12.2. The van der Waals surface area contributed by atoms with E-state index in [1.165, 1.54) is 13.8 Å². The minimum absolute atomic E-state index is 0.0110. The van der Waals surface area contributed by atoms with Crippen LogP contribution in [-0.4, -0.2) is 33.2 Å². The number of hydrogen-bond donors (Lipinski definition) is 3. The van der Waals surface area contributed by atoms with E-state index in [2.05, 4.69) is 9.88 Å². The summed E-state index contributed by atoms with van der Waals surface area (Å²) in [5.41, 5.74) is 6.00. The number of carbonyl (C=O) groups excluding carboxylic acids is 4. The number of benzene rings is 3. The van der Waals surface area contributed by atoms with Crippen molar-refractivity contribution in [1.82, 2.24) is 15.4 Å². The second-order valence-corrected chi connectivity index (χ2v) is 9.10. The summed E-state index contributed by atoms with van der Waals surface area (Å²) in [6.07, 6.45) is 1.85. The number of rotatable bonds is 10. The zero-order chi connectivity index (χ0) is 26.5. The molecule has 0 unspecified atom stereocenters. The average molecular weight is 500 g/mol. The second-order valence-electron chi connectivity index (χ2n) is 9.10. The molecule has 8 heteroatoms. The number of carbonyl (C=O) groups is 4. The van der Waals surface area contributed by atoms with Crippen LogP contribution in [0.5, 0.6) is 0 Å². The highest BCUT2D eigenvalue weighted by atomic mass is 16.5. The number of fused-ring (bicyclic) bond motifs is 3. The van der Waals surface area contributed by atoms with E-state index in [1.807, 2.05) is 36.4 Å². The van der Waals surface area contributed by atoms with Gasteiger partial charge in [-0.25, -0.2) is 5.48 Å². The van der Waals surface area contributed by atoms with Crippen molar-refractivity contribution < 1.29 is 24.4 Å². The summed E-state index contributed by atoms with van der Waals surface area (Å²) in [5, 5.41) is 13.4. The van der Waals surface area contributed by atoms with Gasteiger partial charge < -0.3 is 9.88 Å². The molecule has 0 atom stereocenters. The van der Waals surface area contributed by atoms with Gasteiger partial charge in [0.2, 0.25) is 5.91 Å². The van der Waals surface area contributed by atoms with E-state index in [9.17, 15) is 19.2 Å². The molecule has 3 aromatic carbocycles. The maximum absolute atomic E-state index is 12.3. The van der Waals surface area contributed by atoms with Crippen LogP contribution in [0.2, 0.25) is 0 Å². The summed E-state index contributed by atoms with van der Waals surface area (Å²) in [4.78, 5) is 47.7. The zero-order valence-corrected chi connectivity index (χ0v) is 20.8. The van der Waals surface area contributed by atoms with E-state index in [0.29, 0.717) is 42.6 Å². The predicted octanol–water partition coefficient (Wildman–Crippen LogP) is 4.81. The number of Topliss-reactive ketones (excluding diaryl/α,β-unsaturated/α-hetero) is 2. The van der Waals surface area contributed by atoms with Crippen LogP contribution in [0, 0.1) is 0 Å². The highest BCUT2D eigenvalue weighted by Crippen LogP contribution is 2.31. The Bertz CT molecular complexity index is 1430. The Kier molecular flexibility index (Phi) is 7.79. The monoisotopic (exact) mass is 499 g/mol. The van der Waals surface area contributed by atoms with E-state index in [0.717, 1.165) is 33.8 Å². The molecule has 3 N–H and O–H groups in total. The number of amides is 2.